The van der Waals surface area contributed by atoms with Crippen LogP contribution in [-0.4, -0.2) is 80.2 Å². The van der Waals surface area contributed by atoms with Gasteiger partial charge in [0.2, 0.25) is 5.91 Å². The fourth-order valence-corrected chi connectivity index (χ4v) is 6.46. The summed E-state index contributed by atoms with van der Waals surface area (Å²) in [6, 6.07) is 11.0. The Morgan fingerprint density at radius 3 is 2.46 bits per heavy atom. The zero-order chi connectivity index (χ0) is 29.3. The summed E-state index contributed by atoms with van der Waals surface area (Å²) >= 11 is 0. The Kier molecular flexibility index (Phi) is 8.24. The van der Waals surface area contributed by atoms with Gasteiger partial charge in [-0.05, 0) is 49.1 Å². The third-order valence-corrected chi connectivity index (χ3v) is 8.59. The highest BCUT2D eigenvalue weighted by Gasteiger charge is 2.47. The summed E-state index contributed by atoms with van der Waals surface area (Å²) in [6.07, 6.45) is 7.75. The third-order valence-electron chi connectivity index (χ3n) is 8.59. The minimum Gasteiger partial charge on any atom is -0.480 e. The van der Waals surface area contributed by atoms with Crippen LogP contribution in [0.1, 0.15) is 69.2 Å². The maximum atomic E-state index is 14.2. The minimum atomic E-state index is -1.18. The molecule has 2 aliphatic heterocycles. The van der Waals surface area contributed by atoms with Gasteiger partial charge in [0.05, 0.1) is 11.7 Å². The number of carboxylic acid groups (broad SMARTS) is 1. The Hall–Kier alpha value is -3.63. The summed E-state index contributed by atoms with van der Waals surface area (Å²) in [4.78, 5) is 41.4. The highest BCUT2D eigenvalue weighted by Crippen LogP contribution is 2.33. The Balaban J connectivity index is 1.39. The lowest BCUT2D eigenvalue weighted by atomic mass is 9.84. The topological polar surface area (TPSA) is 125 Å². The molecule has 0 radical (unpaired) electrons. The lowest BCUT2D eigenvalue weighted by Crippen LogP contribution is -2.53. The van der Waals surface area contributed by atoms with Crippen molar-refractivity contribution in [2.75, 3.05) is 13.6 Å². The van der Waals surface area contributed by atoms with E-state index in [1.807, 2.05) is 36.4 Å². The van der Waals surface area contributed by atoms with E-state index < -0.39 is 23.7 Å². The van der Waals surface area contributed by atoms with E-state index in [9.17, 15) is 24.6 Å². The molecule has 5 rings (SSSR count). The number of carbonyl (C=O) groups excluding carboxylic acids is 2. The van der Waals surface area contributed by atoms with Crippen LogP contribution in [0.5, 0.6) is 0 Å². The lowest BCUT2D eigenvalue weighted by Gasteiger charge is -2.34. The smallest absolute Gasteiger partial charge is 0.326 e. The molecule has 2 fully saturated rings. The third kappa shape index (κ3) is 6.33. The largest absolute Gasteiger partial charge is 0.480 e. The van der Waals surface area contributed by atoms with E-state index in [4.69, 9.17) is 0 Å². The summed E-state index contributed by atoms with van der Waals surface area (Å²) in [7, 11) is 1.79. The Labute approximate surface area is 240 Å². The number of fused-ring (bicyclic) bond motifs is 1. The van der Waals surface area contributed by atoms with Gasteiger partial charge in [0.1, 0.15) is 17.7 Å². The first kappa shape index (κ1) is 28.9. The summed E-state index contributed by atoms with van der Waals surface area (Å²) < 4.78 is 0. The molecule has 2 aromatic rings. The van der Waals surface area contributed by atoms with Crippen molar-refractivity contribution < 1.29 is 24.6 Å². The molecule has 0 unspecified atom stereocenters. The van der Waals surface area contributed by atoms with Gasteiger partial charge in [0.15, 0.2) is 0 Å². The van der Waals surface area contributed by atoms with Gasteiger partial charge in [-0.1, -0.05) is 62.4 Å². The van der Waals surface area contributed by atoms with Gasteiger partial charge in [-0.2, -0.15) is 0 Å². The number of hydrazine groups is 2. The average Bonchev–Trinajstić information content (AvgIpc) is 3.57. The molecule has 3 aliphatic rings. The van der Waals surface area contributed by atoms with Crippen LogP contribution in [0.2, 0.25) is 0 Å². The second-order valence-corrected chi connectivity index (χ2v) is 12.2. The van der Waals surface area contributed by atoms with Crippen LogP contribution in [0.15, 0.2) is 54.4 Å². The molecule has 2 heterocycles. The predicted octanol–water partition coefficient (Wildman–Crippen LogP) is 3.24. The summed E-state index contributed by atoms with van der Waals surface area (Å²) in [5.74, 6) is -1.52. The molecule has 0 spiro atoms. The normalized spacial score (nSPS) is 22.6. The fraction of sp³-hybridized carbons (Fsp3) is 0.516. The molecule has 10 nitrogen and oxygen atoms in total. The molecule has 0 bridgehead atoms. The molecule has 2 aromatic carbocycles. The zero-order valence-electron chi connectivity index (χ0n) is 24.0. The van der Waals surface area contributed by atoms with Crippen LogP contribution < -0.4 is 10.9 Å². The highest BCUT2D eigenvalue weighted by molar-refractivity contribution is 6.01. The summed E-state index contributed by atoms with van der Waals surface area (Å²) in [5, 5.41) is 29.3. The molecule has 1 saturated heterocycles. The molecule has 3 atom stereocenters. The number of benzene rings is 2. The zero-order valence-corrected chi connectivity index (χ0v) is 24.0. The Bertz CT molecular complexity index is 1330. The quantitative estimate of drug-likeness (QED) is 0.386. The molecule has 1 saturated carbocycles. The number of amides is 2. The second-order valence-electron chi connectivity index (χ2n) is 12.2. The van der Waals surface area contributed by atoms with Gasteiger partial charge >= 0.3 is 5.97 Å². The van der Waals surface area contributed by atoms with Crippen molar-refractivity contribution >= 4 is 28.6 Å². The molecular weight excluding hydrogens is 522 g/mol. The number of nitrogens with zero attached hydrogens (tertiary/aromatic N) is 3. The molecule has 1 aliphatic carbocycles. The van der Waals surface area contributed by atoms with E-state index >= 15 is 0 Å². The first-order chi connectivity index (χ1) is 19.5. The molecule has 0 aromatic heterocycles. The fourth-order valence-electron chi connectivity index (χ4n) is 6.46. The maximum absolute atomic E-state index is 14.2. The van der Waals surface area contributed by atoms with E-state index in [0.717, 1.165) is 36.5 Å². The van der Waals surface area contributed by atoms with Crippen LogP contribution in [0.4, 0.5) is 0 Å². The first-order valence-electron chi connectivity index (χ1n) is 14.6. The van der Waals surface area contributed by atoms with E-state index in [1.165, 1.54) is 11.3 Å². The molecule has 10 heteroatoms. The van der Waals surface area contributed by atoms with Crippen molar-refractivity contribution in [3.63, 3.8) is 0 Å². The van der Waals surface area contributed by atoms with Gasteiger partial charge in [-0.3, -0.25) is 19.6 Å². The van der Waals surface area contributed by atoms with Gasteiger partial charge in [-0.25, -0.2) is 4.79 Å². The van der Waals surface area contributed by atoms with Crippen molar-refractivity contribution in [1.29, 1.82) is 0 Å². The van der Waals surface area contributed by atoms with E-state index in [2.05, 4.69) is 10.9 Å². The monoisotopic (exact) mass is 563 g/mol. The van der Waals surface area contributed by atoms with Gasteiger partial charge < -0.3 is 20.4 Å². The van der Waals surface area contributed by atoms with E-state index in [-0.39, 0.29) is 36.7 Å². The number of nitrogens with one attached hydrogen (secondary N) is 2. The number of hydrogen-bond donors (Lipinski definition) is 4. The standard InChI is InChI=1S/C31H41N5O5/c1-31(2,41)27-19-34(3)33-36(27)24-17-26(30(39)40)35(18-24)29(38)25(15-20-9-5-4-6-10-20)32-28(37)23-14-13-21-11-7-8-12-22(21)16-23/h7-8,11-14,16,19-20,24-26,33,41H,4-6,9-10,15,17-18H2,1-3H3,(H,32,37)(H,39,40)/t24-,25+,26-/m0/s1. The van der Waals surface area contributed by atoms with Crippen LogP contribution in [0.3, 0.4) is 0 Å². The second kappa shape index (κ2) is 11.7. The van der Waals surface area contributed by atoms with Crippen LogP contribution in [0.25, 0.3) is 10.8 Å². The van der Waals surface area contributed by atoms with Gasteiger partial charge in [0, 0.05) is 31.8 Å². The SMILES string of the molecule is CN1C=C(C(C)(C)O)N([C@H]2C[C@@H](C(=O)O)N(C(=O)[C@@H](CC3CCCCC3)NC(=O)c3ccc4ccccc4c3)C2)N1. The van der Waals surface area contributed by atoms with Gasteiger partial charge in [-0.15, -0.1) is 5.53 Å². The summed E-state index contributed by atoms with van der Waals surface area (Å²) in [6.45, 7) is 3.49. The van der Waals surface area contributed by atoms with Crippen LogP contribution in [0, 0.1) is 5.92 Å². The number of carbonyl (C=O) groups is 3. The number of rotatable bonds is 8. The lowest BCUT2D eigenvalue weighted by molar-refractivity contribution is -0.149. The van der Waals surface area contributed by atoms with Crippen molar-refractivity contribution in [3.8, 4) is 0 Å². The summed E-state index contributed by atoms with van der Waals surface area (Å²) in [5.41, 5.74) is 3.02. The molecular formula is C31H41N5O5. The first-order valence-corrected chi connectivity index (χ1v) is 14.6. The minimum absolute atomic E-state index is 0.150. The Morgan fingerprint density at radius 2 is 1.78 bits per heavy atom. The van der Waals surface area contributed by atoms with Gasteiger partial charge in [0.25, 0.3) is 5.91 Å². The number of likely N-dealkylation sites (tertiary alicyclic amines) is 1. The number of carboxylic acids is 1. The van der Waals surface area contributed by atoms with E-state index in [0.29, 0.717) is 17.7 Å². The number of aliphatic hydroxyl groups is 1. The molecule has 220 valence electrons. The average molecular weight is 564 g/mol. The van der Waals surface area contributed by atoms with E-state index in [1.54, 1.807) is 43.2 Å². The number of hydrogen-bond acceptors (Lipinski definition) is 7. The van der Waals surface area contributed by atoms with Crippen molar-refractivity contribution in [3.05, 3.63) is 59.9 Å². The van der Waals surface area contributed by atoms with Crippen LogP contribution in [-0.2, 0) is 9.59 Å². The van der Waals surface area contributed by atoms with Crippen molar-refractivity contribution in [1.82, 2.24) is 25.8 Å². The maximum Gasteiger partial charge on any atom is 0.326 e. The highest BCUT2D eigenvalue weighted by atomic mass is 16.4. The molecule has 2 amide bonds. The predicted molar refractivity (Wildman–Crippen MR) is 155 cm³/mol. The van der Waals surface area contributed by atoms with Crippen molar-refractivity contribution in [2.24, 2.45) is 5.92 Å². The molecule has 41 heavy (non-hydrogen) atoms. The van der Waals surface area contributed by atoms with Crippen molar-refractivity contribution in [2.45, 2.75) is 82.5 Å². The number of aliphatic carboxylic acids is 1. The molecule has 4 N–H and O–H groups in total. The Morgan fingerprint density at radius 1 is 1.07 bits per heavy atom. The van der Waals surface area contributed by atoms with Crippen LogP contribution >= 0.6 is 0 Å².